The summed E-state index contributed by atoms with van der Waals surface area (Å²) in [6.45, 7) is 1.60. The SMILES string of the molecule is CC(C(=O)Nc1cccc(C2=CCC=C(C3CCCCC3C(F)(F)F)N=C2)n1)n1cnc2c1c(=O)n(C)c(=O)n2C. The summed E-state index contributed by atoms with van der Waals surface area (Å²) in [6, 6.07) is 4.18. The van der Waals surface area contributed by atoms with Crippen molar-refractivity contribution >= 4 is 34.7 Å². The molecule has 0 aromatic carbocycles. The highest BCUT2D eigenvalue weighted by Crippen LogP contribution is 2.45. The number of fused-ring (bicyclic) bond motifs is 1. The molecule has 1 aliphatic heterocycles. The molecule has 4 heterocycles. The van der Waals surface area contributed by atoms with E-state index in [9.17, 15) is 27.6 Å². The number of aryl methyl sites for hydroxylation is 1. The van der Waals surface area contributed by atoms with Gasteiger partial charge >= 0.3 is 11.9 Å². The van der Waals surface area contributed by atoms with Crippen LogP contribution >= 0.6 is 0 Å². The van der Waals surface area contributed by atoms with Gasteiger partial charge in [0.05, 0.1) is 17.9 Å². The lowest BCUT2D eigenvalue weighted by molar-refractivity contribution is -0.192. The third-order valence-electron chi connectivity index (χ3n) is 7.85. The number of alkyl halides is 3. The number of aromatic nitrogens is 5. The van der Waals surface area contributed by atoms with Crippen LogP contribution in [-0.2, 0) is 18.9 Å². The van der Waals surface area contributed by atoms with E-state index in [1.165, 1.54) is 35.8 Å². The van der Waals surface area contributed by atoms with E-state index < -0.39 is 41.2 Å². The number of allylic oxidation sites excluding steroid dienone is 4. The lowest BCUT2D eigenvalue weighted by atomic mass is 9.77. The van der Waals surface area contributed by atoms with E-state index in [1.54, 1.807) is 31.2 Å². The lowest BCUT2D eigenvalue weighted by Gasteiger charge is -2.33. The number of halogens is 3. The second-order valence-electron chi connectivity index (χ2n) is 10.4. The summed E-state index contributed by atoms with van der Waals surface area (Å²) in [6.07, 6.45) is 4.50. The van der Waals surface area contributed by atoms with Crippen molar-refractivity contribution in [3.63, 3.8) is 0 Å². The number of nitrogens with one attached hydrogen (secondary N) is 1. The summed E-state index contributed by atoms with van der Waals surface area (Å²) >= 11 is 0. The van der Waals surface area contributed by atoms with Gasteiger partial charge in [-0.2, -0.15) is 13.2 Å². The summed E-state index contributed by atoms with van der Waals surface area (Å²) < 4.78 is 44.6. The minimum atomic E-state index is -4.26. The molecule has 2 aliphatic rings. The number of imidazole rings is 1. The average molecular weight is 570 g/mol. The van der Waals surface area contributed by atoms with E-state index in [1.807, 2.05) is 6.08 Å². The van der Waals surface area contributed by atoms with Crippen molar-refractivity contribution in [2.75, 3.05) is 5.32 Å². The molecule has 0 bridgehead atoms. The molecular formula is C28H30F3N7O3. The Morgan fingerprint density at radius 3 is 2.61 bits per heavy atom. The van der Waals surface area contributed by atoms with E-state index in [4.69, 9.17) is 0 Å². The van der Waals surface area contributed by atoms with Crippen LogP contribution in [0, 0.1) is 11.8 Å². The van der Waals surface area contributed by atoms with Crippen LogP contribution in [0.5, 0.6) is 0 Å². The molecular weight excluding hydrogens is 539 g/mol. The minimum Gasteiger partial charge on any atom is -0.312 e. The summed E-state index contributed by atoms with van der Waals surface area (Å²) in [5.41, 5.74) is 0.776. The highest BCUT2D eigenvalue weighted by Gasteiger charge is 2.46. The van der Waals surface area contributed by atoms with Crippen LogP contribution in [-0.4, -0.2) is 42.0 Å². The first-order valence-electron chi connectivity index (χ1n) is 13.4. The maximum atomic E-state index is 13.7. The zero-order valence-corrected chi connectivity index (χ0v) is 22.9. The standard InChI is InChI=1S/C28H30F3N7O3/c1-16(38-15-33-24-23(38)26(40)37(3)27(41)36(24)2)25(39)35-22-13-7-11-20(34-22)17-8-6-12-21(32-14-17)18-9-4-5-10-19(18)28(29,30)31/h7-8,11-16,18-19H,4-6,9-10H2,1-3H3,(H,34,35,39). The van der Waals surface area contributed by atoms with Gasteiger partial charge in [-0.3, -0.25) is 23.7 Å². The molecule has 0 radical (unpaired) electrons. The number of anilines is 1. The van der Waals surface area contributed by atoms with Crippen LogP contribution < -0.4 is 16.6 Å². The Bertz CT molecular complexity index is 1710. The fourth-order valence-corrected chi connectivity index (χ4v) is 5.53. The van der Waals surface area contributed by atoms with E-state index in [0.29, 0.717) is 36.2 Å². The number of hydrogen-bond donors (Lipinski definition) is 1. The molecule has 1 N–H and O–H groups in total. The van der Waals surface area contributed by atoms with Gasteiger partial charge in [-0.25, -0.2) is 14.8 Å². The third-order valence-corrected chi connectivity index (χ3v) is 7.85. The van der Waals surface area contributed by atoms with E-state index in [2.05, 4.69) is 20.3 Å². The maximum Gasteiger partial charge on any atom is 0.392 e. The van der Waals surface area contributed by atoms with Crippen LogP contribution in [0.1, 0.15) is 50.8 Å². The second-order valence-corrected chi connectivity index (χ2v) is 10.4. The van der Waals surface area contributed by atoms with Gasteiger partial charge in [-0.05, 0) is 38.3 Å². The fourth-order valence-electron chi connectivity index (χ4n) is 5.53. The molecule has 5 rings (SSSR count). The van der Waals surface area contributed by atoms with Gasteiger partial charge in [0.2, 0.25) is 5.91 Å². The van der Waals surface area contributed by atoms with Crippen LogP contribution in [0.3, 0.4) is 0 Å². The molecule has 10 nitrogen and oxygen atoms in total. The van der Waals surface area contributed by atoms with Crippen molar-refractivity contribution in [3.8, 4) is 0 Å². The molecule has 216 valence electrons. The number of carbonyl (C=O) groups excluding carboxylic acids is 1. The summed E-state index contributed by atoms with van der Waals surface area (Å²) in [4.78, 5) is 51.3. The highest BCUT2D eigenvalue weighted by molar-refractivity contribution is 6.09. The van der Waals surface area contributed by atoms with Crippen molar-refractivity contribution in [2.24, 2.45) is 30.9 Å². The normalized spacial score (nSPS) is 20.3. The number of carbonyl (C=O) groups is 1. The molecule has 1 fully saturated rings. The quantitative estimate of drug-likeness (QED) is 0.496. The summed E-state index contributed by atoms with van der Waals surface area (Å²) in [7, 11) is 2.85. The van der Waals surface area contributed by atoms with Gasteiger partial charge in [-0.1, -0.05) is 31.1 Å². The topological polar surface area (TPSA) is 116 Å². The van der Waals surface area contributed by atoms with Crippen LogP contribution in [0.2, 0.25) is 0 Å². The van der Waals surface area contributed by atoms with Crippen molar-refractivity contribution in [1.29, 1.82) is 0 Å². The second kappa shape index (κ2) is 10.9. The molecule has 1 amide bonds. The molecule has 41 heavy (non-hydrogen) atoms. The van der Waals surface area contributed by atoms with Crippen molar-refractivity contribution < 1.29 is 18.0 Å². The number of amides is 1. The number of pyridine rings is 1. The Balaban J connectivity index is 1.34. The van der Waals surface area contributed by atoms with Gasteiger partial charge in [0.25, 0.3) is 5.56 Å². The first kappa shape index (κ1) is 28.2. The number of nitrogens with zero attached hydrogens (tertiary/aromatic N) is 6. The lowest BCUT2D eigenvalue weighted by Crippen LogP contribution is -2.38. The zero-order chi connectivity index (χ0) is 29.5. The van der Waals surface area contributed by atoms with Crippen LogP contribution in [0.25, 0.3) is 16.7 Å². The van der Waals surface area contributed by atoms with Crippen LogP contribution in [0.15, 0.2) is 57.0 Å². The third kappa shape index (κ3) is 5.40. The molecule has 3 aromatic rings. The van der Waals surface area contributed by atoms with Gasteiger partial charge < -0.3 is 9.88 Å². The van der Waals surface area contributed by atoms with Gasteiger partial charge in [-0.15, -0.1) is 0 Å². The number of rotatable bonds is 5. The van der Waals surface area contributed by atoms with Gasteiger partial charge in [0, 0.05) is 37.5 Å². The largest absolute Gasteiger partial charge is 0.392 e. The Labute approximate surface area is 232 Å². The molecule has 13 heteroatoms. The smallest absolute Gasteiger partial charge is 0.312 e. The average Bonchev–Trinajstić information content (AvgIpc) is 3.25. The van der Waals surface area contributed by atoms with Crippen molar-refractivity contribution in [2.45, 2.75) is 51.2 Å². The Morgan fingerprint density at radius 1 is 1.10 bits per heavy atom. The monoisotopic (exact) mass is 569 g/mol. The first-order chi connectivity index (χ1) is 19.5. The molecule has 3 atom stereocenters. The molecule has 0 spiro atoms. The Kier molecular flexibility index (Phi) is 7.54. The predicted octanol–water partition coefficient (Wildman–Crippen LogP) is 4.14. The Morgan fingerprint density at radius 2 is 1.85 bits per heavy atom. The van der Waals surface area contributed by atoms with E-state index in [-0.39, 0.29) is 23.4 Å². The fraction of sp³-hybridized carbons (Fsp3) is 0.429. The van der Waals surface area contributed by atoms with E-state index in [0.717, 1.165) is 11.0 Å². The van der Waals surface area contributed by atoms with Crippen LogP contribution in [0.4, 0.5) is 19.0 Å². The zero-order valence-electron chi connectivity index (χ0n) is 22.9. The first-order valence-corrected chi connectivity index (χ1v) is 13.4. The molecule has 3 aromatic heterocycles. The molecule has 0 saturated heterocycles. The highest BCUT2D eigenvalue weighted by atomic mass is 19.4. The van der Waals surface area contributed by atoms with Crippen molar-refractivity contribution in [1.82, 2.24) is 23.7 Å². The van der Waals surface area contributed by atoms with Crippen molar-refractivity contribution in [3.05, 3.63) is 68.9 Å². The van der Waals surface area contributed by atoms with E-state index >= 15 is 0 Å². The number of aliphatic imine (C=N–C) groups is 1. The summed E-state index contributed by atoms with van der Waals surface area (Å²) in [5, 5.41) is 2.75. The Hall–Kier alpha value is -4.29. The van der Waals surface area contributed by atoms with Gasteiger partial charge in [0.15, 0.2) is 11.2 Å². The predicted molar refractivity (Wildman–Crippen MR) is 148 cm³/mol. The number of hydrogen-bond acceptors (Lipinski definition) is 6. The molecule has 3 unspecified atom stereocenters. The molecule has 1 aliphatic carbocycles. The van der Waals surface area contributed by atoms with Gasteiger partial charge in [0.1, 0.15) is 11.9 Å². The minimum absolute atomic E-state index is 0.116. The maximum absolute atomic E-state index is 13.7. The summed E-state index contributed by atoms with van der Waals surface area (Å²) in [5.74, 6) is -2.27. The molecule has 1 saturated carbocycles.